The number of rotatable bonds is 4. The first-order chi connectivity index (χ1) is 8.54. The van der Waals surface area contributed by atoms with Crippen molar-refractivity contribution in [3.63, 3.8) is 0 Å². The molecule has 2 aliphatic rings. The van der Waals surface area contributed by atoms with Crippen molar-refractivity contribution in [3.8, 4) is 0 Å². The second kappa shape index (κ2) is 5.68. The average molecular weight is 268 g/mol. The lowest BCUT2D eigenvalue weighted by Crippen LogP contribution is -2.02. The van der Waals surface area contributed by atoms with E-state index in [1.165, 1.54) is 0 Å². The first-order valence-corrected chi connectivity index (χ1v) is 4.71. The zero-order valence-electron chi connectivity index (χ0n) is 9.31. The summed E-state index contributed by atoms with van der Waals surface area (Å²) in [6, 6.07) is 0. The topological polar surface area (TPSA) is 180 Å². The molecule has 100 valence electrons. The molecule has 0 aromatic rings. The quantitative estimate of drug-likeness (QED) is 0.726. The number of aliphatic imine (C=N–C) groups is 2. The molecule has 2 aliphatic heterocycles. The summed E-state index contributed by atoms with van der Waals surface area (Å²) in [6.45, 7) is 0. The first kappa shape index (κ1) is 14.2. The molecule has 0 bridgehead atoms. The molecule has 11 nitrogen and oxygen atoms in total. The van der Waals surface area contributed by atoms with E-state index >= 15 is 0 Å². The van der Waals surface area contributed by atoms with Gasteiger partial charge in [0.2, 0.25) is 11.6 Å². The van der Waals surface area contributed by atoms with E-state index in [0.717, 1.165) is 0 Å². The summed E-state index contributed by atoms with van der Waals surface area (Å²) in [5, 5.41) is 31.3. The molecule has 0 aromatic heterocycles. The summed E-state index contributed by atoms with van der Waals surface area (Å²) < 4.78 is 0. The van der Waals surface area contributed by atoms with Crippen molar-refractivity contribution in [2.24, 2.45) is 30.4 Å². The van der Waals surface area contributed by atoms with Crippen LogP contribution in [0.2, 0.25) is 0 Å². The highest BCUT2D eigenvalue weighted by Gasteiger charge is 2.19. The second-order valence-electron chi connectivity index (χ2n) is 3.24. The fourth-order valence-corrected chi connectivity index (χ4v) is 1.15. The van der Waals surface area contributed by atoms with E-state index in [1.54, 1.807) is 0 Å². The summed E-state index contributed by atoms with van der Waals surface area (Å²) in [6.07, 6.45) is -0.716. The highest BCUT2D eigenvalue weighted by molar-refractivity contribution is 5.99. The Morgan fingerprint density at radius 1 is 0.789 bits per heavy atom. The third-order valence-corrected chi connectivity index (χ3v) is 1.81. The number of carboxylic acid groups (broad SMARTS) is 2. The van der Waals surface area contributed by atoms with Crippen molar-refractivity contribution >= 4 is 23.6 Å². The minimum atomic E-state index is -1.08. The van der Waals surface area contributed by atoms with Crippen molar-refractivity contribution in [2.45, 2.75) is 12.8 Å². The minimum absolute atomic E-state index is 0. The maximum atomic E-state index is 10.4. The smallest absolute Gasteiger partial charge is 0.311 e. The molecule has 0 aliphatic carbocycles. The third kappa shape index (κ3) is 3.57. The molecule has 0 saturated carbocycles. The van der Waals surface area contributed by atoms with Gasteiger partial charge < -0.3 is 15.7 Å². The summed E-state index contributed by atoms with van der Waals surface area (Å²) in [4.78, 5) is 28.4. The van der Waals surface area contributed by atoms with Crippen LogP contribution >= 0.6 is 0 Å². The number of carboxylic acids is 2. The first-order valence-electron chi connectivity index (χ1n) is 4.71. The normalized spacial score (nSPS) is 20.0. The van der Waals surface area contributed by atoms with Crippen LogP contribution in [0, 0.1) is 0 Å². The van der Waals surface area contributed by atoms with E-state index in [4.69, 9.17) is 10.2 Å². The Labute approximate surface area is 105 Å². The van der Waals surface area contributed by atoms with E-state index in [-0.39, 0.29) is 41.6 Å². The number of hydrogen-bond donors (Lipinski definition) is 2. The van der Waals surface area contributed by atoms with Gasteiger partial charge in [0, 0.05) is 0 Å². The molecule has 2 rings (SSSR count). The Kier molecular flexibility index (Phi) is 4.26. The van der Waals surface area contributed by atoms with Crippen LogP contribution in [-0.4, -0.2) is 39.3 Å². The maximum absolute atomic E-state index is 10.4. The summed E-state index contributed by atoms with van der Waals surface area (Å²) >= 11 is 0. The van der Waals surface area contributed by atoms with E-state index in [9.17, 15) is 9.59 Å². The van der Waals surface area contributed by atoms with Gasteiger partial charge in [0.05, 0.1) is 0 Å². The zero-order chi connectivity index (χ0) is 13.1. The standard InChI is InChI=1S/C8H6N6O4.H2O/c15-5(16)1-3-9-7(13-11-3)8-10-4(12-14-8)2-6(17)18;/h1-2H2,(H,15,16)(H,17,18);1H2. The van der Waals surface area contributed by atoms with Crippen LogP contribution in [0.3, 0.4) is 0 Å². The Morgan fingerprint density at radius 2 is 1.16 bits per heavy atom. The van der Waals surface area contributed by atoms with Crippen molar-refractivity contribution in [1.82, 2.24) is 0 Å². The predicted molar refractivity (Wildman–Crippen MR) is 59.7 cm³/mol. The number of azo groups is 2. The molecule has 2 heterocycles. The van der Waals surface area contributed by atoms with Gasteiger partial charge in [0.25, 0.3) is 0 Å². The predicted octanol–water partition coefficient (Wildman–Crippen LogP) is -0.0337. The van der Waals surface area contributed by atoms with Crippen LogP contribution in [-0.2, 0) is 9.59 Å². The van der Waals surface area contributed by atoms with E-state index in [2.05, 4.69) is 30.4 Å². The molecular formula is C8H8N6O5. The highest BCUT2D eigenvalue weighted by Crippen LogP contribution is 2.22. The summed E-state index contributed by atoms with van der Waals surface area (Å²) in [5.41, 5.74) is 0. The van der Waals surface area contributed by atoms with Gasteiger partial charge in [-0.2, -0.15) is 0 Å². The Bertz CT molecular complexity index is 522. The molecule has 0 unspecified atom stereocenters. The van der Waals surface area contributed by atoms with E-state index < -0.39 is 11.9 Å². The second-order valence-corrected chi connectivity index (χ2v) is 3.24. The summed E-state index contributed by atoms with van der Waals surface area (Å²) in [7, 11) is 0. The number of hydrogen-bond acceptors (Lipinski definition) is 8. The van der Waals surface area contributed by atoms with Crippen LogP contribution < -0.4 is 0 Å². The SMILES string of the molecule is O.O=C(O)CC1=NC(=C2N=NC(CC(=O)O)=N2)N=N1. The number of carbonyl (C=O) groups is 2. The largest absolute Gasteiger partial charge is 0.481 e. The lowest BCUT2D eigenvalue weighted by molar-refractivity contribution is -0.136. The molecular weight excluding hydrogens is 260 g/mol. The maximum Gasteiger partial charge on any atom is 0.311 e. The number of aliphatic carboxylic acids is 2. The lowest BCUT2D eigenvalue weighted by Gasteiger charge is -1.88. The van der Waals surface area contributed by atoms with Gasteiger partial charge in [-0.15, -0.1) is 20.5 Å². The molecule has 0 atom stereocenters. The van der Waals surface area contributed by atoms with Gasteiger partial charge in [0.1, 0.15) is 12.8 Å². The minimum Gasteiger partial charge on any atom is -0.481 e. The van der Waals surface area contributed by atoms with Crippen molar-refractivity contribution in [3.05, 3.63) is 11.6 Å². The van der Waals surface area contributed by atoms with Gasteiger partial charge in [-0.05, 0) is 0 Å². The third-order valence-electron chi connectivity index (χ3n) is 1.81. The molecule has 0 amide bonds. The van der Waals surface area contributed by atoms with Gasteiger partial charge in [0.15, 0.2) is 11.7 Å². The van der Waals surface area contributed by atoms with E-state index in [1.807, 2.05) is 0 Å². The van der Waals surface area contributed by atoms with Crippen molar-refractivity contribution in [2.75, 3.05) is 0 Å². The fraction of sp³-hybridized carbons (Fsp3) is 0.250. The number of nitrogens with zero attached hydrogens (tertiary/aromatic N) is 6. The molecule has 11 heteroatoms. The number of amidine groups is 2. The molecule has 19 heavy (non-hydrogen) atoms. The van der Waals surface area contributed by atoms with Crippen molar-refractivity contribution < 1.29 is 25.3 Å². The zero-order valence-corrected chi connectivity index (χ0v) is 9.31. The van der Waals surface area contributed by atoms with Crippen LogP contribution in [0.15, 0.2) is 42.1 Å². The lowest BCUT2D eigenvalue weighted by atomic mass is 10.4. The molecule has 0 saturated heterocycles. The van der Waals surface area contributed by atoms with E-state index in [0.29, 0.717) is 0 Å². The van der Waals surface area contributed by atoms with Crippen LogP contribution in [0.1, 0.15) is 12.8 Å². The highest BCUT2D eigenvalue weighted by atomic mass is 16.4. The Balaban J connectivity index is 0.00000180. The van der Waals surface area contributed by atoms with Gasteiger partial charge in [-0.25, -0.2) is 9.98 Å². The Morgan fingerprint density at radius 3 is 1.47 bits per heavy atom. The van der Waals surface area contributed by atoms with Gasteiger partial charge >= 0.3 is 11.9 Å². The van der Waals surface area contributed by atoms with Gasteiger partial charge in [-0.1, -0.05) is 0 Å². The Hall–Kier alpha value is -2.82. The van der Waals surface area contributed by atoms with Gasteiger partial charge in [-0.3, -0.25) is 9.59 Å². The molecule has 0 fully saturated rings. The fourth-order valence-electron chi connectivity index (χ4n) is 1.15. The van der Waals surface area contributed by atoms with Crippen LogP contribution in [0.5, 0.6) is 0 Å². The molecule has 0 aromatic carbocycles. The average Bonchev–Trinajstić information content (AvgIpc) is 2.85. The monoisotopic (exact) mass is 268 g/mol. The molecule has 0 radical (unpaired) electrons. The molecule has 4 N–H and O–H groups in total. The van der Waals surface area contributed by atoms with Crippen molar-refractivity contribution in [1.29, 1.82) is 0 Å². The van der Waals surface area contributed by atoms with Crippen LogP contribution in [0.25, 0.3) is 0 Å². The van der Waals surface area contributed by atoms with Crippen LogP contribution in [0.4, 0.5) is 0 Å². The summed E-state index contributed by atoms with van der Waals surface area (Å²) in [5.74, 6) is -2.06. The molecule has 0 spiro atoms.